The Bertz CT molecular complexity index is 643. The molecule has 0 radical (unpaired) electrons. The summed E-state index contributed by atoms with van der Waals surface area (Å²) >= 11 is 0. The molecule has 4 nitrogen and oxygen atoms in total. The first-order valence-corrected chi connectivity index (χ1v) is 5.01. The monoisotopic (exact) mass is 247 g/mol. The fourth-order valence-electron chi connectivity index (χ4n) is 1.51. The fraction of sp³-hybridized carbons (Fsp3) is 0.0833. The molecule has 2 aromatic rings. The minimum atomic E-state index is -0.918. The van der Waals surface area contributed by atoms with Gasteiger partial charge >= 0.3 is 0 Å². The van der Waals surface area contributed by atoms with Gasteiger partial charge in [0.2, 0.25) is 5.82 Å². The van der Waals surface area contributed by atoms with Crippen molar-refractivity contribution in [2.24, 2.45) is 0 Å². The number of nitrogens with zero attached hydrogens (tertiary/aromatic N) is 3. The number of aromatic nitrogens is 2. The normalized spacial score (nSPS) is 10.1. The van der Waals surface area contributed by atoms with Crippen LogP contribution in [0, 0.1) is 23.0 Å². The van der Waals surface area contributed by atoms with Crippen molar-refractivity contribution in [2.75, 3.05) is 0 Å². The lowest BCUT2D eigenvalue weighted by Gasteiger charge is -2.04. The van der Waals surface area contributed by atoms with Gasteiger partial charge in [-0.15, -0.1) is 0 Å². The number of nitriles is 1. The van der Waals surface area contributed by atoms with E-state index in [0.717, 1.165) is 12.1 Å². The topological polar surface area (TPSA) is 58.7 Å². The van der Waals surface area contributed by atoms with Gasteiger partial charge in [-0.25, -0.2) is 13.8 Å². The Morgan fingerprint density at radius 3 is 2.89 bits per heavy atom. The molecule has 0 aliphatic carbocycles. The molecule has 0 bridgehead atoms. The van der Waals surface area contributed by atoms with Gasteiger partial charge in [-0.1, -0.05) is 0 Å². The molecule has 0 N–H and O–H groups in total. The largest absolute Gasteiger partial charge is 0.315 e. The molecular weight excluding hydrogens is 240 g/mol. The van der Waals surface area contributed by atoms with Crippen LogP contribution in [-0.4, -0.2) is 15.3 Å². The van der Waals surface area contributed by atoms with E-state index in [2.05, 4.69) is 4.98 Å². The van der Waals surface area contributed by atoms with Crippen LogP contribution in [0.3, 0.4) is 0 Å². The minimum absolute atomic E-state index is 0.0610. The van der Waals surface area contributed by atoms with Crippen molar-refractivity contribution in [3.05, 3.63) is 53.6 Å². The maximum absolute atomic E-state index is 13.4. The third-order valence-electron chi connectivity index (χ3n) is 2.36. The predicted octanol–water partition coefficient (Wildman–Crippen LogP) is 1.92. The van der Waals surface area contributed by atoms with E-state index in [-0.39, 0.29) is 17.9 Å². The van der Waals surface area contributed by atoms with Gasteiger partial charge in [0.05, 0.1) is 12.1 Å². The first-order chi connectivity index (χ1) is 8.61. The Morgan fingerprint density at radius 2 is 2.22 bits per heavy atom. The molecule has 1 heterocycles. The molecule has 0 unspecified atom stereocenters. The highest BCUT2D eigenvalue weighted by Gasteiger charge is 2.14. The summed E-state index contributed by atoms with van der Waals surface area (Å²) in [6, 6.07) is 4.54. The summed E-state index contributed by atoms with van der Waals surface area (Å²) in [7, 11) is 0. The van der Waals surface area contributed by atoms with Gasteiger partial charge in [0.15, 0.2) is 5.78 Å². The molecule has 1 aromatic carbocycles. The smallest absolute Gasteiger partial charge is 0.213 e. The summed E-state index contributed by atoms with van der Waals surface area (Å²) < 4.78 is 27.4. The standard InChI is InChI=1S/C12H7F2N3O/c13-8-1-2-9(10(14)5-8)11(18)7-17-4-3-16-12(17)6-15/h1-5H,7H2. The van der Waals surface area contributed by atoms with Crippen molar-refractivity contribution in [1.82, 2.24) is 9.55 Å². The molecule has 0 spiro atoms. The number of benzene rings is 1. The molecule has 0 aliphatic rings. The van der Waals surface area contributed by atoms with Crippen LogP contribution < -0.4 is 0 Å². The molecule has 0 atom stereocenters. The number of Topliss-reactive ketones (excluding diaryl/α,β-unsaturated/α-hetero) is 1. The number of hydrogen-bond donors (Lipinski definition) is 0. The first kappa shape index (κ1) is 11.9. The summed E-state index contributed by atoms with van der Waals surface area (Å²) in [5.41, 5.74) is -0.214. The van der Waals surface area contributed by atoms with E-state index >= 15 is 0 Å². The summed E-state index contributed by atoms with van der Waals surface area (Å²) in [5, 5.41) is 8.71. The number of ketones is 1. The zero-order valence-electron chi connectivity index (χ0n) is 9.10. The van der Waals surface area contributed by atoms with E-state index in [1.165, 1.54) is 17.0 Å². The van der Waals surface area contributed by atoms with Gasteiger partial charge in [-0.2, -0.15) is 5.26 Å². The van der Waals surface area contributed by atoms with Gasteiger partial charge in [-0.3, -0.25) is 4.79 Å². The number of hydrogen-bond acceptors (Lipinski definition) is 3. The second kappa shape index (κ2) is 4.75. The third kappa shape index (κ3) is 2.25. The molecule has 0 saturated heterocycles. The van der Waals surface area contributed by atoms with Crippen molar-refractivity contribution in [1.29, 1.82) is 5.26 Å². The van der Waals surface area contributed by atoms with Gasteiger partial charge in [0, 0.05) is 18.5 Å². The van der Waals surface area contributed by atoms with Crippen molar-refractivity contribution in [2.45, 2.75) is 6.54 Å². The van der Waals surface area contributed by atoms with Crippen molar-refractivity contribution >= 4 is 5.78 Å². The molecule has 0 amide bonds. The van der Waals surface area contributed by atoms with Gasteiger partial charge in [0.1, 0.15) is 17.7 Å². The SMILES string of the molecule is N#Cc1nccn1CC(=O)c1ccc(F)cc1F. The summed E-state index contributed by atoms with van der Waals surface area (Å²) in [5.74, 6) is -2.16. The average Bonchev–Trinajstić information content (AvgIpc) is 2.76. The van der Waals surface area contributed by atoms with Gasteiger partial charge < -0.3 is 4.57 Å². The lowest BCUT2D eigenvalue weighted by atomic mass is 10.1. The zero-order valence-corrected chi connectivity index (χ0v) is 9.10. The van der Waals surface area contributed by atoms with Gasteiger partial charge in [-0.05, 0) is 12.1 Å². The zero-order chi connectivity index (χ0) is 13.1. The molecule has 2 rings (SSSR count). The fourth-order valence-corrected chi connectivity index (χ4v) is 1.51. The molecule has 0 saturated carbocycles. The average molecular weight is 247 g/mol. The molecule has 0 aliphatic heterocycles. The number of rotatable bonds is 3. The highest BCUT2D eigenvalue weighted by Crippen LogP contribution is 2.11. The minimum Gasteiger partial charge on any atom is -0.315 e. The Morgan fingerprint density at radius 1 is 1.44 bits per heavy atom. The molecule has 90 valence electrons. The maximum atomic E-state index is 13.4. The van der Waals surface area contributed by atoms with E-state index in [4.69, 9.17) is 5.26 Å². The Labute approximate surface area is 101 Å². The van der Waals surface area contributed by atoms with Crippen LogP contribution in [-0.2, 0) is 6.54 Å². The highest BCUT2D eigenvalue weighted by molar-refractivity contribution is 5.96. The van der Waals surface area contributed by atoms with Crippen LogP contribution in [0.1, 0.15) is 16.2 Å². The van der Waals surface area contributed by atoms with Crippen molar-refractivity contribution < 1.29 is 13.6 Å². The Hall–Kier alpha value is -2.55. The van der Waals surface area contributed by atoms with E-state index in [9.17, 15) is 13.6 Å². The first-order valence-electron chi connectivity index (χ1n) is 5.01. The van der Waals surface area contributed by atoms with E-state index < -0.39 is 17.4 Å². The lowest BCUT2D eigenvalue weighted by Crippen LogP contribution is -2.13. The van der Waals surface area contributed by atoms with E-state index in [1.807, 2.05) is 0 Å². The summed E-state index contributed by atoms with van der Waals surface area (Å²) in [4.78, 5) is 15.5. The number of carbonyl (C=O) groups excluding carboxylic acids is 1. The van der Waals surface area contributed by atoms with Crippen molar-refractivity contribution in [3.8, 4) is 6.07 Å². The predicted molar refractivity (Wildman–Crippen MR) is 57.6 cm³/mol. The number of halogens is 2. The number of imidazole rings is 1. The lowest BCUT2D eigenvalue weighted by molar-refractivity contribution is 0.0967. The molecule has 1 aromatic heterocycles. The van der Waals surface area contributed by atoms with Gasteiger partial charge in [0.25, 0.3) is 0 Å². The Kier molecular flexibility index (Phi) is 3.15. The molecule has 0 fully saturated rings. The van der Waals surface area contributed by atoms with Crippen LogP contribution in [0.5, 0.6) is 0 Å². The van der Waals surface area contributed by atoms with Crippen LogP contribution in [0.15, 0.2) is 30.6 Å². The second-order valence-corrected chi connectivity index (χ2v) is 3.54. The van der Waals surface area contributed by atoms with E-state index in [1.54, 1.807) is 6.07 Å². The molecular formula is C12H7F2N3O. The Balaban J connectivity index is 2.25. The third-order valence-corrected chi connectivity index (χ3v) is 2.36. The molecule has 6 heteroatoms. The molecule has 18 heavy (non-hydrogen) atoms. The van der Waals surface area contributed by atoms with Crippen molar-refractivity contribution in [3.63, 3.8) is 0 Å². The quantitative estimate of drug-likeness (QED) is 0.778. The summed E-state index contributed by atoms with van der Waals surface area (Å²) in [6.45, 7) is -0.217. The van der Waals surface area contributed by atoms with Crippen LogP contribution in [0.2, 0.25) is 0 Å². The number of carbonyl (C=O) groups is 1. The maximum Gasteiger partial charge on any atom is 0.213 e. The van der Waals surface area contributed by atoms with E-state index in [0.29, 0.717) is 6.07 Å². The summed E-state index contributed by atoms with van der Waals surface area (Å²) in [6.07, 6.45) is 2.81. The van der Waals surface area contributed by atoms with Crippen LogP contribution >= 0.6 is 0 Å². The van der Waals surface area contributed by atoms with Crippen LogP contribution in [0.4, 0.5) is 8.78 Å². The van der Waals surface area contributed by atoms with Crippen LogP contribution in [0.25, 0.3) is 0 Å². The highest BCUT2D eigenvalue weighted by atomic mass is 19.1. The second-order valence-electron chi connectivity index (χ2n) is 3.54.